The summed E-state index contributed by atoms with van der Waals surface area (Å²) in [6.07, 6.45) is 4.94. The molecule has 1 aliphatic carbocycles. The molecule has 0 spiro atoms. The number of nitrogens with zero attached hydrogens (tertiary/aromatic N) is 3. The second-order valence-electron chi connectivity index (χ2n) is 6.87. The van der Waals surface area contributed by atoms with Gasteiger partial charge in [-0.15, -0.1) is 0 Å². The molecule has 1 aliphatic rings. The lowest BCUT2D eigenvalue weighted by Crippen LogP contribution is -2.32. The lowest BCUT2D eigenvalue weighted by molar-refractivity contribution is -0.122. The molecule has 0 saturated heterocycles. The summed E-state index contributed by atoms with van der Waals surface area (Å²) in [6, 6.07) is 7.22. The summed E-state index contributed by atoms with van der Waals surface area (Å²) in [4.78, 5) is 28.2. The Morgan fingerprint density at radius 3 is 3.07 bits per heavy atom. The number of carbonyl (C=O) groups excluding carboxylic acids is 1. The van der Waals surface area contributed by atoms with Crippen LogP contribution in [0.5, 0.6) is 0 Å². The van der Waals surface area contributed by atoms with Crippen LogP contribution in [0.2, 0.25) is 0 Å². The number of rotatable bonds is 4. The minimum absolute atomic E-state index is 0.0159. The fourth-order valence-electron chi connectivity index (χ4n) is 3.74. The first-order valence-electron chi connectivity index (χ1n) is 9.06. The third-order valence-corrected chi connectivity index (χ3v) is 5.49. The molecule has 2 N–H and O–H groups in total. The van der Waals surface area contributed by atoms with E-state index in [-0.39, 0.29) is 30.5 Å². The SMILES string of the molecule is Cn1ncc2c1CCCC2NC(=O)CCn1c(=S)[nH]c2ccccc2c1=O. The Bertz CT molecular complexity index is 1130. The summed E-state index contributed by atoms with van der Waals surface area (Å²) in [6.45, 7) is 0.247. The van der Waals surface area contributed by atoms with E-state index in [0.717, 1.165) is 24.8 Å². The molecule has 7 nitrogen and oxygen atoms in total. The van der Waals surface area contributed by atoms with Crippen molar-refractivity contribution in [2.75, 3.05) is 0 Å². The molecule has 1 aromatic carbocycles. The monoisotopic (exact) mass is 383 g/mol. The average molecular weight is 383 g/mol. The maximum atomic E-state index is 12.7. The number of hydrogen-bond donors (Lipinski definition) is 2. The van der Waals surface area contributed by atoms with Gasteiger partial charge >= 0.3 is 0 Å². The predicted molar refractivity (Wildman–Crippen MR) is 105 cm³/mol. The van der Waals surface area contributed by atoms with Crippen molar-refractivity contribution in [2.45, 2.75) is 38.3 Å². The van der Waals surface area contributed by atoms with E-state index in [9.17, 15) is 9.59 Å². The van der Waals surface area contributed by atoms with Gasteiger partial charge in [-0.05, 0) is 43.6 Å². The predicted octanol–water partition coefficient (Wildman–Crippen LogP) is 2.38. The highest BCUT2D eigenvalue weighted by Gasteiger charge is 2.24. The van der Waals surface area contributed by atoms with Crippen LogP contribution in [0.25, 0.3) is 10.9 Å². The number of benzene rings is 1. The van der Waals surface area contributed by atoms with Gasteiger partial charge in [0.1, 0.15) is 0 Å². The highest BCUT2D eigenvalue weighted by Crippen LogP contribution is 2.29. The molecule has 140 valence electrons. The molecule has 1 atom stereocenters. The molecule has 1 unspecified atom stereocenters. The molecule has 2 aromatic heterocycles. The standard InChI is InChI=1S/C19H21N5O2S/c1-23-16-8-4-7-15(13(16)11-20-23)21-17(25)9-10-24-18(26)12-5-2-3-6-14(12)22-19(24)27/h2-3,5-6,11,15H,4,7-10H2,1H3,(H,21,25)(H,22,27). The van der Waals surface area contributed by atoms with Crippen molar-refractivity contribution in [1.82, 2.24) is 24.6 Å². The van der Waals surface area contributed by atoms with E-state index in [1.54, 1.807) is 6.07 Å². The first-order chi connectivity index (χ1) is 13.0. The van der Waals surface area contributed by atoms with Gasteiger partial charge in [-0.25, -0.2) is 0 Å². The second kappa shape index (κ2) is 7.11. The largest absolute Gasteiger partial charge is 0.349 e. The van der Waals surface area contributed by atoms with Crippen molar-refractivity contribution in [3.8, 4) is 0 Å². The summed E-state index contributed by atoms with van der Waals surface area (Å²) in [5.41, 5.74) is 2.81. The van der Waals surface area contributed by atoms with Gasteiger partial charge < -0.3 is 10.3 Å². The molecule has 8 heteroatoms. The number of aryl methyl sites for hydroxylation is 1. The normalized spacial score (nSPS) is 16.3. The minimum Gasteiger partial charge on any atom is -0.349 e. The van der Waals surface area contributed by atoms with Crippen molar-refractivity contribution in [1.29, 1.82) is 0 Å². The fraction of sp³-hybridized carbons (Fsp3) is 0.368. The molecule has 0 bridgehead atoms. The van der Waals surface area contributed by atoms with Gasteiger partial charge in [-0.1, -0.05) is 12.1 Å². The Morgan fingerprint density at radius 1 is 1.41 bits per heavy atom. The van der Waals surface area contributed by atoms with Gasteiger partial charge in [0, 0.05) is 31.3 Å². The maximum absolute atomic E-state index is 12.7. The van der Waals surface area contributed by atoms with Crippen LogP contribution in [0, 0.1) is 4.77 Å². The van der Waals surface area contributed by atoms with Crippen LogP contribution in [0.1, 0.15) is 36.6 Å². The van der Waals surface area contributed by atoms with Gasteiger partial charge in [0.25, 0.3) is 5.56 Å². The van der Waals surface area contributed by atoms with Gasteiger partial charge in [0.2, 0.25) is 5.91 Å². The van der Waals surface area contributed by atoms with Crippen LogP contribution >= 0.6 is 12.2 Å². The van der Waals surface area contributed by atoms with Gasteiger partial charge in [0.15, 0.2) is 4.77 Å². The summed E-state index contributed by atoms with van der Waals surface area (Å²) >= 11 is 5.30. The van der Waals surface area contributed by atoms with Crippen LogP contribution in [-0.4, -0.2) is 25.2 Å². The van der Waals surface area contributed by atoms with E-state index in [2.05, 4.69) is 15.4 Å². The Hall–Kier alpha value is -2.74. The van der Waals surface area contributed by atoms with Crippen LogP contribution in [-0.2, 0) is 24.8 Å². The zero-order valence-electron chi connectivity index (χ0n) is 15.1. The molecule has 3 aromatic rings. The third kappa shape index (κ3) is 3.32. The van der Waals surface area contributed by atoms with Crippen molar-refractivity contribution in [3.63, 3.8) is 0 Å². The number of nitrogens with one attached hydrogen (secondary N) is 2. The van der Waals surface area contributed by atoms with E-state index >= 15 is 0 Å². The minimum atomic E-state index is -0.172. The summed E-state index contributed by atoms with van der Waals surface area (Å²) in [5, 5.41) is 7.95. The third-order valence-electron chi connectivity index (χ3n) is 5.16. The molecule has 1 amide bonds. The van der Waals surface area contributed by atoms with Gasteiger partial charge in [-0.2, -0.15) is 5.10 Å². The smallest absolute Gasteiger partial charge is 0.262 e. The Kier molecular flexibility index (Phi) is 4.65. The van der Waals surface area contributed by atoms with Crippen LogP contribution in [0.15, 0.2) is 35.3 Å². The first-order valence-corrected chi connectivity index (χ1v) is 9.47. The Labute approximate surface area is 161 Å². The molecular weight excluding hydrogens is 362 g/mol. The van der Waals surface area contributed by atoms with Crippen LogP contribution < -0.4 is 10.9 Å². The van der Waals surface area contributed by atoms with E-state index in [4.69, 9.17) is 12.2 Å². The molecule has 0 saturated carbocycles. The zero-order valence-corrected chi connectivity index (χ0v) is 15.9. The Morgan fingerprint density at radius 2 is 2.22 bits per heavy atom. The fourth-order valence-corrected chi connectivity index (χ4v) is 4.02. The maximum Gasteiger partial charge on any atom is 0.262 e. The van der Waals surface area contributed by atoms with Gasteiger partial charge in [0.05, 0.1) is 23.1 Å². The zero-order chi connectivity index (χ0) is 19.0. The van der Waals surface area contributed by atoms with Crippen molar-refractivity contribution >= 4 is 29.0 Å². The van der Waals surface area contributed by atoms with E-state index in [1.165, 1.54) is 10.3 Å². The molecule has 0 radical (unpaired) electrons. The molecule has 4 rings (SSSR count). The van der Waals surface area contributed by atoms with Gasteiger partial charge in [-0.3, -0.25) is 18.8 Å². The Balaban J connectivity index is 1.48. The van der Waals surface area contributed by atoms with E-state index in [1.807, 2.05) is 36.1 Å². The number of aromatic nitrogens is 4. The highest BCUT2D eigenvalue weighted by molar-refractivity contribution is 7.71. The number of fused-ring (bicyclic) bond motifs is 2. The van der Waals surface area contributed by atoms with Crippen LogP contribution in [0.4, 0.5) is 0 Å². The number of H-pyrrole nitrogens is 1. The number of aromatic amines is 1. The highest BCUT2D eigenvalue weighted by atomic mass is 32.1. The second-order valence-corrected chi connectivity index (χ2v) is 7.25. The number of carbonyl (C=O) groups is 1. The number of hydrogen-bond acceptors (Lipinski definition) is 4. The van der Waals surface area contributed by atoms with Crippen molar-refractivity contribution in [3.05, 3.63) is 56.8 Å². The average Bonchev–Trinajstić information content (AvgIpc) is 3.04. The van der Waals surface area contributed by atoms with Crippen molar-refractivity contribution < 1.29 is 4.79 Å². The first kappa shape index (κ1) is 17.7. The van der Waals surface area contributed by atoms with E-state index in [0.29, 0.717) is 15.7 Å². The summed E-state index contributed by atoms with van der Waals surface area (Å²) in [5.74, 6) is -0.0915. The molecule has 27 heavy (non-hydrogen) atoms. The number of amides is 1. The van der Waals surface area contributed by atoms with E-state index < -0.39 is 0 Å². The van der Waals surface area contributed by atoms with Crippen LogP contribution in [0.3, 0.4) is 0 Å². The molecule has 0 aliphatic heterocycles. The topological polar surface area (TPSA) is 84.7 Å². The molecular formula is C19H21N5O2S. The molecule has 0 fully saturated rings. The van der Waals surface area contributed by atoms with Crippen molar-refractivity contribution in [2.24, 2.45) is 7.05 Å². The summed E-state index contributed by atoms with van der Waals surface area (Å²) < 4.78 is 3.66. The molecule has 2 heterocycles. The number of para-hydroxylation sites is 1. The quantitative estimate of drug-likeness (QED) is 0.678. The lowest BCUT2D eigenvalue weighted by atomic mass is 9.93. The summed E-state index contributed by atoms with van der Waals surface area (Å²) in [7, 11) is 1.93. The lowest BCUT2D eigenvalue weighted by Gasteiger charge is -2.23.